The van der Waals surface area contributed by atoms with E-state index >= 15 is 0 Å². The van der Waals surface area contributed by atoms with Gasteiger partial charge >= 0.3 is 5.69 Å². The van der Waals surface area contributed by atoms with Crippen molar-refractivity contribution < 1.29 is 0 Å². The molecule has 0 radical (unpaired) electrons. The Morgan fingerprint density at radius 3 is 2.53 bits per heavy atom. The van der Waals surface area contributed by atoms with Crippen molar-refractivity contribution in [2.75, 3.05) is 20.6 Å². The Balaban J connectivity index is 2.30. The molecule has 3 N–H and O–H groups in total. The van der Waals surface area contributed by atoms with Gasteiger partial charge in [0, 0.05) is 18.6 Å². The van der Waals surface area contributed by atoms with E-state index in [4.69, 9.17) is 0 Å². The van der Waals surface area contributed by atoms with Gasteiger partial charge in [0.05, 0.1) is 11.0 Å². The molecule has 0 aliphatic heterocycles. The molecule has 19 heavy (non-hydrogen) atoms. The Morgan fingerprint density at radius 1 is 1.21 bits per heavy atom. The fraction of sp³-hybridized carbons (Fsp3) is 0.500. The van der Waals surface area contributed by atoms with E-state index in [1.807, 2.05) is 12.1 Å². The molecule has 0 aliphatic carbocycles. The molecule has 5 nitrogen and oxygen atoms in total. The number of likely N-dealkylation sites (N-methyl/N-ethyl adjacent to an activating group) is 1. The molecule has 1 atom stereocenters. The normalized spacial score (nSPS) is 13.6. The molecule has 1 aromatic carbocycles. The second-order valence-electron chi connectivity index (χ2n) is 5.43. The molecule has 0 aliphatic rings. The van der Waals surface area contributed by atoms with Crippen LogP contribution in [-0.4, -0.2) is 41.5 Å². The van der Waals surface area contributed by atoms with Crippen LogP contribution in [-0.2, 0) is 0 Å². The molecule has 2 rings (SSSR count). The summed E-state index contributed by atoms with van der Waals surface area (Å²) < 4.78 is 0. The van der Waals surface area contributed by atoms with Crippen molar-refractivity contribution in [1.82, 2.24) is 20.2 Å². The smallest absolute Gasteiger partial charge is 0.313 e. The first-order chi connectivity index (χ1) is 8.97. The van der Waals surface area contributed by atoms with E-state index in [2.05, 4.69) is 54.2 Å². The lowest BCUT2D eigenvalue weighted by Gasteiger charge is -2.26. The van der Waals surface area contributed by atoms with Crippen molar-refractivity contribution >= 4 is 11.0 Å². The van der Waals surface area contributed by atoms with Gasteiger partial charge in [0.2, 0.25) is 0 Å². The molecule has 0 spiro atoms. The SMILES string of the molecule is CC(C)NCC(c1ccc2[nH]c(=O)[nH]c2c1)N(C)C. The summed E-state index contributed by atoms with van der Waals surface area (Å²) in [5.74, 6) is 0. The van der Waals surface area contributed by atoms with Crippen LogP contribution in [0.15, 0.2) is 23.0 Å². The zero-order valence-electron chi connectivity index (χ0n) is 11.9. The van der Waals surface area contributed by atoms with Crippen LogP contribution in [0, 0.1) is 0 Å². The molecule has 0 saturated carbocycles. The monoisotopic (exact) mass is 262 g/mol. The first-order valence-corrected chi connectivity index (χ1v) is 6.59. The van der Waals surface area contributed by atoms with E-state index in [-0.39, 0.29) is 11.7 Å². The molecule has 0 amide bonds. The highest BCUT2D eigenvalue weighted by Crippen LogP contribution is 2.20. The van der Waals surface area contributed by atoms with Gasteiger partial charge in [-0.15, -0.1) is 0 Å². The third-order valence-corrected chi connectivity index (χ3v) is 3.27. The summed E-state index contributed by atoms with van der Waals surface area (Å²) in [6, 6.07) is 6.80. The van der Waals surface area contributed by atoms with Gasteiger partial charge in [-0.1, -0.05) is 19.9 Å². The van der Waals surface area contributed by atoms with E-state index in [0.717, 1.165) is 17.6 Å². The van der Waals surface area contributed by atoms with E-state index in [1.165, 1.54) is 5.56 Å². The highest BCUT2D eigenvalue weighted by Gasteiger charge is 2.15. The van der Waals surface area contributed by atoms with E-state index < -0.39 is 0 Å². The van der Waals surface area contributed by atoms with E-state index in [0.29, 0.717) is 6.04 Å². The maximum atomic E-state index is 11.3. The molecule has 1 unspecified atom stereocenters. The van der Waals surface area contributed by atoms with Gasteiger partial charge in [-0.05, 0) is 31.8 Å². The average molecular weight is 262 g/mol. The van der Waals surface area contributed by atoms with Crippen LogP contribution in [0.4, 0.5) is 0 Å². The fourth-order valence-corrected chi connectivity index (χ4v) is 2.20. The van der Waals surface area contributed by atoms with Crippen molar-refractivity contribution in [2.45, 2.75) is 25.9 Å². The summed E-state index contributed by atoms with van der Waals surface area (Å²) in [4.78, 5) is 19.0. The van der Waals surface area contributed by atoms with Crippen molar-refractivity contribution in [3.8, 4) is 0 Å². The van der Waals surface area contributed by atoms with Crippen molar-refractivity contribution in [1.29, 1.82) is 0 Å². The van der Waals surface area contributed by atoms with Gasteiger partial charge in [0.1, 0.15) is 0 Å². The van der Waals surface area contributed by atoms with Crippen LogP contribution in [0.1, 0.15) is 25.5 Å². The summed E-state index contributed by atoms with van der Waals surface area (Å²) in [5.41, 5.74) is 2.75. The molecule has 1 aromatic heterocycles. The van der Waals surface area contributed by atoms with Crippen LogP contribution in [0.2, 0.25) is 0 Å². The summed E-state index contributed by atoms with van der Waals surface area (Å²) in [5, 5.41) is 3.46. The summed E-state index contributed by atoms with van der Waals surface area (Å²) in [6.07, 6.45) is 0. The van der Waals surface area contributed by atoms with Gasteiger partial charge in [-0.2, -0.15) is 0 Å². The molecule has 0 bridgehead atoms. The summed E-state index contributed by atoms with van der Waals surface area (Å²) in [6.45, 7) is 5.16. The number of imidazole rings is 1. The van der Waals surface area contributed by atoms with Gasteiger partial charge in [0.15, 0.2) is 0 Å². The number of nitrogens with zero attached hydrogens (tertiary/aromatic N) is 1. The number of nitrogens with one attached hydrogen (secondary N) is 3. The average Bonchev–Trinajstić information content (AvgIpc) is 2.67. The Bertz CT molecular complexity index is 597. The Kier molecular flexibility index (Phi) is 4.07. The summed E-state index contributed by atoms with van der Waals surface area (Å²) >= 11 is 0. The van der Waals surface area contributed by atoms with E-state index in [9.17, 15) is 4.79 Å². The maximum absolute atomic E-state index is 11.3. The Morgan fingerprint density at radius 2 is 1.89 bits per heavy atom. The zero-order valence-corrected chi connectivity index (χ0v) is 11.9. The number of hydrogen-bond donors (Lipinski definition) is 3. The molecule has 104 valence electrons. The molecule has 5 heteroatoms. The van der Waals surface area contributed by atoms with Gasteiger partial charge in [-0.25, -0.2) is 4.79 Å². The second kappa shape index (κ2) is 5.59. The quantitative estimate of drug-likeness (QED) is 0.764. The number of rotatable bonds is 5. The number of benzene rings is 1. The zero-order chi connectivity index (χ0) is 14.0. The van der Waals surface area contributed by atoms with Crippen LogP contribution in [0.25, 0.3) is 11.0 Å². The van der Waals surface area contributed by atoms with Gasteiger partial charge in [0.25, 0.3) is 0 Å². The first kappa shape index (κ1) is 13.8. The minimum absolute atomic E-state index is 0.158. The fourth-order valence-electron chi connectivity index (χ4n) is 2.20. The Hall–Kier alpha value is -1.59. The number of aromatic nitrogens is 2. The third-order valence-electron chi connectivity index (χ3n) is 3.27. The number of H-pyrrole nitrogens is 2. The molecular formula is C14H22N4O. The lowest BCUT2D eigenvalue weighted by atomic mass is 10.0. The van der Waals surface area contributed by atoms with Gasteiger partial charge < -0.3 is 20.2 Å². The van der Waals surface area contributed by atoms with Crippen LogP contribution >= 0.6 is 0 Å². The number of fused-ring (bicyclic) bond motifs is 1. The number of hydrogen-bond acceptors (Lipinski definition) is 3. The lowest BCUT2D eigenvalue weighted by Crippen LogP contribution is -2.34. The minimum Gasteiger partial charge on any atom is -0.313 e. The third kappa shape index (κ3) is 3.24. The largest absolute Gasteiger partial charge is 0.323 e. The van der Waals surface area contributed by atoms with Crippen LogP contribution in [0.5, 0.6) is 0 Å². The standard InChI is InChI=1S/C14H22N4O/c1-9(2)15-8-13(18(3)4)10-5-6-11-12(7-10)17-14(19)16-11/h5-7,9,13,15H,8H2,1-4H3,(H2,16,17,19). The predicted octanol–water partition coefficient (Wildman–Crippen LogP) is 1.46. The van der Waals surface area contributed by atoms with Crippen molar-refractivity contribution in [2.24, 2.45) is 0 Å². The van der Waals surface area contributed by atoms with E-state index in [1.54, 1.807) is 0 Å². The summed E-state index contributed by atoms with van der Waals surface area (Å²) in [7, 11) is 4.13. The predicted molar refractivity (Wildman–Crippen MR) is 78.5 cm³/mol. The highest BCUT2D eigenvalue weighted by molar-refractivity contribution is 5.75. The molecule has 2 aromatic rings. The molecule has 0 fully saturated rings. The second-order valence-corrected chi connectivity index (χ2v) is 5.43. The Labute approximate surface area is 113 Å². The highest BCUT2D eigenvalue weighted by atomic mass is 16.1. The van der Waals surface area contributed by atoms with Crippen molar-refractivity contribution in [3.63, 3.8) is 0 Å². The van der Waals surface area contributed by atoms with Crippen LogP contribution < -0.4 is 11.0 Å². The lowest BCUT2D eigenvalue weighted by molar-refractivity contribution is 0.283. The molecular weight excluding hydrogens is 240 g/mol. The topological polar surface area (TPSA) is 63.9 Å². The number of aromatic amines is 2. The molecule has 1 heterocycles. The first-order valence-electron chi connectivity index (χ1n) is 6.59. The van der Waals surface area contributed by atoms with Gasteiger partial charge in [-0.3, -0.25) is 0 Å². The van der Waals surface area contributed by atoms with Crippen LogP contribution in [0.3, 0.4) is 0 Å². The molecule has 0 saturated heterocycles. The minimum atomic E-state index is -0.158. The van der Waals surface area contributed by atoms with Crippen molar-refractivity contribution in [3.05, 3.63) is 34.2 Å². The maximum Gasteiger partial charge on any atom is 0.323 e.